The van der Waals surface area contributed by atoms with E-state index < -0.39 is 5.60 Å². The van der Waals surface area contributed by atoms with Crippen LogP contribution in [0.2, 0.25) is 0 Å². The summed E-state index contributed by atoms with van der Waals surface area (Å²) in [5.41, 5.74) is -0.415. The van der Waals surface area contributed by atoms with E-state index in [0.717, 1.165) is 12.3 Å². The van der Waals surface area contributed by atoms with Gasteiger partial charge in [0.05, 0.1) is 0 Å². The number of alkyl carbamates (subject to hydrolysis) is 1. The molecule has 0 heterocycles. The van der Waals surface area contributed by atoms with Gasteiger partial charge in [-0.15, -0.1) is 0 Å². The zero-order chi connectivity index (χ0) is 14.0. The Bertz CT molecular complexity index is 325. The van der Waals surface area contributed by atoms with Crippen LogP contribution in [0.3, 0.4) is 0 Å². The molecular formula is C15H28N2O2. The van der Waals surface area contributed by atoms with Gasteiger partial charge in [0, 0.05) is 18.1 Å². The molecule has 2 aliphatic rings. The van der Waals surface area contributed by atoms with E-state index in [1.54, 1.807) is 0 Å². The van der Waals surface area contributed by atoms with E-state index in [9.17, 15) is 4.79 Å². The average Bonchev–Trinajstić information content (AvgIpc) is 2.83. The van der Waals surface area contributed by atoms with Gasteiger partial charge in [0.25, 0.3) is 0 Å². The second-order valence-electron chi connectivity index (χ2n) is 7.05. The molecule has 2 fully saturated rings. The Hall–Kier alpha value is -0.770. The maximum Gasteiger partial charge on any atom is 0.407 e. The molecule has 110 valence electrons. The Balaban J connectivity index is 1.64. The minimum atomic E-state index is -0.415. The number of carbonyl (C=O) groups excluding carboxylic acids is 1. The zero-order valence-electron chi connectivity index (χ0n) is 12.7. The molecule has 0 spiro atoms. The highest BCUT2D eigenvalue weighted by molar-refractivity contribution is 5.68. The van der Waals surface area contributed by atoms with E-state index in [-0.39, 0.29) is 12.1 Å². The van der Waals surface area contributed by atoms with Gasteiger partial charge in [-0.1, -0.05) is 13.3 Å². The van der Waals surface area contributed by atoms with Crippen molar-refractivity contribution < 1.29 is 9.53 Å². The van der Waals surface area contributed by atoms with Gasteiger partial charge >= 0.3 is 6.09 Å². The van der Waals surface area contributed by atoms with Crippen LogP contribution < -0.4 is 10.6 Å². The Morgan fingerprint density at radius 2 is 1.95 bits per heavy atom. The van der Waals surface area contributed by atoms with Crippen molar-refractivity contribution in [3.8, 4) is 0 Å². The molecule has 2 N–H and O–H groups in total. The predicted molar refractivity (Wildman–Crippen MR) is 76.1 cm³/mol. The molecule has 19 heavy (non-hydrogen) atoms. The zero-order valence-corrected chi connectivity index (χ0v) is 12.7. The minimum Gasteiger partial charge on any atom is -0.444 e. The molecule has 0 aromatic heterocycles. The number of ether oxygens (including phenoxy) is 1. The first-order chi connectivity index (χ1) is 8.87. The molecule has 0 aromatic carbocycles. The third-order valence-corrected chi connectivity index (χ3v) is 4.06. The molecule has 4 unspecified atom stereocenters. The molecule has 0 aliphatic heterocycles. The predicted octanol–water partition coefficient (Wildman–Crippen LogP) is 2.82. The number of nitrogens with one attached hydrogen (secondary N) is 2. The molecule has 2 aliphatic carbocycles. The van der Waals surface area contributed by atoms with Crippen molar-refractivity contribution in [3.63, 3.8) is 0 Å². The summed E-state index contributed by atoms with van der Waals surface area (Å²) in [6, 6.07) is 1.36. The van der Waals surface area contributed by atoms with E-state index in [2.05, 4.69) is 17.6 Å². The topological polar surface area (TPSA) is 50.4 Å². The van der Waals surface area contributed by atoms with Crippen molar-refractivity contribution in [2.45, 2.75) is 83.5 Å². The van der Waals surface area contributed by atoms with Crippen LogP contribution in [0.15, 0.2) is 0 Å². The molecule has 0 bridgehead atoms. The molecule has 0 radical (unpaired) electrons. The second kappa shape index (κ2) is 5.70. The van der Waals surface area contributed by atoms with Crippen molar-refractivity contribution in [1.82, 2.24) is 10.6 Å². The van der Waals surface area contributed by atoms with Gasteiger partial charge in [-0.05, 0) is 52.4 Å². The second-order valence-corrected chi connectivity index (χ2v) is 7.05. The van der Waals surface area contributed by atoms with Crippen LogP contribution >= 0.6 is 0 Å². The van der Waals surface area contributed by atoms with Crippen molar-refractivity contribution in [1.29, 1.82) is 0 Å². The van der Waals surface area contributed by atoms with Crippen molar-refractivity contribution in [3.05, 3.63) is 0 Å². The molecule has 2 rings (SSSR count). The van der Waals surface area contributed by atoms with Crippen molar-refractivity contribution in [2.75, 3.05) is 0 Å². The van der Waals surface area contributed by atoms with Crippen molar-refractivity contribution >= 4 is 6.09 Å². The summed E-state index contributed by atoms with van der Waals surface area (Å²) in [4.78, 5) is 11.6. The Labute approximate surface area is 116 Å². The van der Waals surface area contributed by atoms with E-state index in [4.69, 9.17) is 4.74 Å². The van der Waals surface area contributed by atoms with E-state index >= 15 is 0 Å². The number of hydrogen-bond donors (Lipinski definition) is 2. The summed E-state index contributed by atoms with van der Waals surface area (Å²) >= 11 is 0. The maximum absolute atomic E-state index is 11.6. The van der Waals surface area contributed by atoms with Gasteiger partial charge in [-0.2, -0.15) is 0 Å². The number of rotatable bonds is 4. The largest absolute Gasteiger partial charge is 0.444 e. The smallest absolute Gasteiger partial charge is 0.407 e. The fourth-order valence-corrected chi connectivity index (χ4v) is 2.90. The van der Waals surface area contributed by atoms with Gasteiger partial charge in [0.1, 0.15) is 5.60 Å². The molecule has 2 saturated carbocycles. The van der Waals surface area contributed by atoms with Crippen molar-refractivity contribution in [2.24, 2.45) is 5.92 Å². The van der Waals surface area contributed by atoms with Crippen LogP contribution in [0.1, 0.15) is 59.8 Å². The SMILES string of the molecule is CCC1CCC(NC2CC2NC(=O)OC(C)(C)C)C1. The van der Waals surface area contributed by atoms with Gasteiger partial charge in [-0.25, -0.2) is 4.79 Å². The summed E-state index contributed by atoms with van der Waals surface area (Å²) in [6.07, 6.45) is 5.97. The normalized spacial score (nSPS) is 34.1. The summed E-state index contributed by atoms with van der Waals surface area (Å²) < 4.78 is 5.26. The fraction of sp³-hybridized carbons (Fsp3) is 0.933. The van der Waals surface area contributed by atoms with E-state index in [1.807, 2.05) is 20.8 Å². The summed E-state index contributed by atoms with van der Waals surface area (Å²) in [7, 11) is 0. The number of carbonyl (C=O) groups is 1. The molecule has 0 aromatic rings. The summed E-state index contributed by atoms with van der Waals surface area (Å²) in [5.74, 6) is 0.897. The van der Waals surface area contributed by atoms with Crippen LogP contribution in [0, 0.1) is 5.92 Å². The summed E-state index contributed by atoms with van der Waals surface area (Å²) in [6.45, 7) is 7.94. The van der Waals surface area contributed by atoms with E-state index in [1.165, 1.54) is 25.7 Å². The number of hydrogen-bond acceptors (Lipinski definition) is 3. The van der Waals surface area contributed by atoms with Gasteiger partial charge in [0.15, 0.2) is 0 Å². The average molecular weight is 268 g/mol. The highest BCUT2D eigenvalue weighted by Gasteiger charge is 2.41. The molecule has 4 atom stereocenters. The van der Waals surface area contributed by atoms with Gasteiger partial charge in [-0.3, -0.25) is 0 Å². The van der Waals surface area contributed by atoms with Crippen LogP contribution in [-0.4, -0.2) is 29.8 Å². The first-order valence-electron chi connectivity index (χ1n) is 7.63. The minimum absolute atomic E-state index is 0.260. The van der Waals surface area contributed by atoms with Gasteiger partial charge < -0.3 is 15.4 Å². The lowest BCUT2D eigenvalue weighted by Crippen LogP contribution is -2.38. The Morgan fingerprint density at radius 3 is 2.53 bits per heavy atom. The van der Waals surface area contributed by atoms with E-state index in [0.29, 0.717) is 12.1 Å². The highest BCUT2D eigenvalue weighted by atomic mass is 16.6. The lowest BCUT2D eigenvalue weighted by atomic mass is 10.1. The first kappa shape index (κ1) is 14.6. The quantitative estimate of drug-likeness (QED) is 0.824. The lowest BCUT2D eigenvalue weighted by molar-refractivity contribution is 0.0522. The third kappa shape index (κ3) is 4.68. The fourth-order valence-electron chi connectivity index (χ4n) is 2.90. The molecular weight excluding hydrogens is 240 g/mol. The van der Waals surface area contributed by atoms with Crippen LogP contribution in [0.25, 0.3) is 0 Å². The first-order valence-corrected chi connectivity index (χ1v) is 7.63. The lowest BCUT2D eigenvalue weighted by Gasteiger charge is -2.20. The molecule has 1 amide bonds. The third-order valence-electron chi connectivity index (χ3n) is 4.06. The highest BCUT2D eigenvalue weighted by Crippen LogP contribution is 2.31. The Kier molecular flexibility index (Phi) is 4.39. The van der Waals surface area contributed by atoms with Gasteiger partial charge in [0.2, 0.25) is 0 Å². The standard InChI is InChI=1S/C15H28N2O2/c1-5-10-6-7-11(8-10)16-12-9-13(12)17-14(18)19-15(2,3)4/h10-13,16H,5-9H2,1-4H3,(H,17,18). The maximum atomic E-state index is 11.6. The van der Waals surface area contributed by atoms with Crippen LogP contribution in [-0.2, 0) is 4.74 Å². The Morgan fingerprint density at radius 1 is 1.21 bits per heavy atom. The molecule has 0 saturated heterocycles. The van der Waals surface area contributed by atoms with Crippen LogP contribution in [0.4, 0.5) is 4.79 Å². The number of amides is 1. The van der Waals surface area contributed by atoms with Crippen LogP contribution in [0.5, 0.6) is 0 Å². The molecule has 4 nitrogen and oxygen atoms in total. The summed E-state index contributed by atoms with van der Waals surface area (Å²) in [5, 5.41) is 6.60. The monoisotopic (exact) mass is 268 g/mol. The molecule has 4 heteroatoms.